The standard InChI is InChI=1S/C34H49N6O6S/c1-40(2,3)22-17-32(41)46-27-14-19-38(20-15-27)33(42)25-9-11-26(12-10-25)36-34-35-18-13-31(37-34)39-21-16-28-29(39)7-5-8-30(28)45-23-6-24-47(4,43)44/h5,7-8,13,16,18,21,25-27H,6,9-12,14-15,17,19-20,22-24H2,1-4H3,(H,35,36,37)/q+1. The minimum Gasteiger partial charge on any atom is -0.493 e. The van der Waals surface area contributed by atoms with E-state index in [2.05, 4.69) is 31.4 Å². The Balaban J connectivity index is 1.09. The van der Waals surface area contributed by atoms with Crippen molar-refractivity contribution in [1.82, 2.24) is 19.4 Å². The zero-order valence-electron chi connectivity index (χ0n) is 28.1. The summed E-state index contributed by atoms with van der Waals surface area (Å²) in [6, 6.07) is 9.80. The SMILES string of the molecule is C[N+](C)(C)CCC(=O)OC1CCN(C(=O)C2CCC(Nc3nccc(-n4ccc5c(OCCCS(C)(=O)=O)cccc54)n3)CC2)CC1. The first kappa shape index (κ1) is 34.6. The lowest BCUT2D eigenvalue weighted by molar-refractivity contribution is -0.869. The maximum absolute atomic E-state index is 13.3. The van der Waals surface area contributed by atoms with E-state index in [9.17, 15) is 18.0 Å². The smallest absolute Gasteiger partial charge is 0.311 e. The summed E-state index contributed by atoms with van der Waals surface area (Å²) in [7, 11) is 3.15. The van der Waals surface area contributed by atoms with Crippen LogP contribution in [0.15, 0.2) is 42.7 Å². The van der Waals surface area contributed by atoms with E-state index in [4.69, 9.17) is 14.5 Å². The predicted octanol–water partition coefficient (Wildman–Crippen LogP) is 3.84. The number of nitrogens with one attached hydrogen (secondary N) is 1. The molecule has 12 nitrogen and oxygen atoms in total. The highest BCUT2D eigenvalue weighted by Crippen LogP contribution is 2.31. The lowest BCUT2D eigenvalue weighted by Crippen LogP contribution is -2.45. The topological polar surface area (TPSA) is 133 Å². The van der Waals surface area contributed by atoms with Crippen LogP contribution in [0.25, 0.3) is 16.7 Å². The van der Waals surface area contributed by atoms with Gasteiger partial charge in [-0.3, -0.25) is 9.59 Å². The Morgan fingerprint density at radius 3 is 2.47 bits per heavy atom. The number of fused-ring (bicyclic) bond motifs is 1. The van der Waals surface area contributed by atoms with Crippen LogP contribution >= 0.6 is 0 Å². The molecule has 1 saturated heterocycles. The highest BCUT2D eigenvalue weighted by molar-refractivity contribution is 7.90. The Morgan fingerprint density at radius 2 is 1.77 bits per heavy atom. The molecule has 0 unspecified atom stereocenters. The number of carbonyl (C=O) groups excluding carboxylic acids is 2. The van der Waals surface area contributed by atoms with Crippen LogP contribution in [0.2, 0.25) is 0 Å². The number of piperidine rings is 1. The molecule has 0 atom stereocenters. The zero-order valence-corrected chi connectivity index (χ0v) is 28.9. The van der Waals surface area contributed by atoms with Gasteiger partial charge in [0.25, 0.3) is 0 Å². The van der Waals surface area contributed by atoms with Crippen LogP contribution in [0.4, 0.5) is 5.95 Å². The number of anilines is 1. The molecule has 2 fully saturated rings. The number of likely N-dealkylation sites (tertiary alicyclic amines) is 1. The zero-order chi connectivity index (χ0) is 33.6. The van der Waals surface area contributed by atoms with Gasteiger partial charge in [0, 0.05) is 61.9 Å². The lowest BCUT2D eigenvalue weighted by Gasteiger charge is -2.36. The van der Waals surface area contributed by atoms with Crippen LogP contribution < -0.4 is 10.1 Å². The summed E-state index contributed by atoms with van der Waals surface area (Å²) in [6.45, 7) is 2.33. The summed E-state index contributed by atoms with van der Waals surface area (Å²) in [5.74, 6) is 2.14. The number of amides is 1. The van der Waals surface area contributed by atoms with Gasteiger partial charge in [0.2, 0.25) is 11.9 Å². The molecule has 13 heteroatoms. The van der Waals surface area contributed by atoms with Crippen LogP contribution in [0.5, 0.6) is 5.75 Å². The van der Waals surface area contributed by atoms with E-state index in [1.54, 1.807) is 6.20 Å². The summed E-state index contributed by atoms with van der Waals surface area (Å²) >= 11 is 0. The predicted molar refractivity (Wildman–Crippen MR) is 181 cm³/mol. The molecule has 1 aromatic carbocycles. The monoisotopic (exact) mass is 669 g/mol. The fourth-order valence-corrected chi connectivity index (χ4v) is 6.95. The van der Waals surface area contributed by atoms with Gasteiger partial charge in [-0.1, -0.05) is 6.07 Å². The number of carbonyl (C=O) groups is 2. The van der Waals surface area contributed by atoms with Crippen molar-refractivity contribution in [1.29, 1.82) is 0 Å². The second-order valence-electron chi connectivity index (χ2n) is 13.9. The number of aromatic nitrogens is 3. The van der Waals surface area contributed by atoms with E-state index < -0.39 is 9.84 Å². The van der Waals surface area contributed by atoms with Crippen molar-refractivity contribution in [2.24, 2.45) is 5.92 Å². The highest BCUT2D eigenvalue weighted by Gasteiger charge is 2.32. The molecule has 3 heterocycles. The van der Waals surface area contributed by atoms with Crippen molar-refractivity contribution in [3.05, 3.63) is 42.7 Å². The average molecular weight is 670 g/mol. The Labute approximate surface area is 278 Å². The largest absolute Gasteiger partial charge is 0.493 e. The van der Waals surface area contributed by atoms with Crippen molar-refractivity contribution in [3.63, 3.8) is 0 Å². The molecule has 1 aliphatic heterocycles. The molecular formula is C34H49N6O6S+. The number of benzene rings is 1. The third-order valence-corrected chi connectivity index (χ3v) is 9.98. The molecule has 2 aliphatic rings. The van der Waals surface area contributed by atoms with Gasteiger partial charge in [-0.2, -0.15) is 4.98 Å². The summed E-state index contributed by atoms with van der Waals surface area (Å²) in [4.78, 5) is 36.8. The third-order valence-electron chi connectivity index (χ3n) is 8.95. The summed E-state index contributed by atoms with van der Waals surface area (Å²) in [6.07, 6.45) is 10.4. The molecule has 1 amide bonds. The molecule has 47 heavy (non-hydrogen) atoms. The van der Waals surface area contributed by atoms with Crippen molar-refractivity contribution in [2.75, 3.05) is 64.7 Å². The van der Waals surface area contributed by atoms with Gasteiger partial charge < -0.3 is 28.7 Å². The van der Waals surface area contributed by atoms with Gasteiger partial charge in [-0.15, -0.1) is 0 Å². The minimum absolute atomic E-state index is 0.0120. The summed E-state index contributed by atoms with van der Waals surface area (Å²) in [5, 5.41) is 4.41. The average Bonchev–Trinajstić information content (AvgIpc) is 3.47. The number of nitrogens with zero attached hydrogens (tertiary/aromatic N) is 5. The number of hydrogen-bond donors (Lipinski definition) is 1. The molecule has 256 valence electrons. The van der Waals surface area contributed by atoms with Crippen LogP contribution in [-0.4, -0.2) is 116 Å². The molecule has 3 aromatic rings. The van der Waals surface area contributed by atoms with Gasteiger partial charge in [0.1, 0.15) is 27.5 Å². The van der Waals surface area contributed by atoms with E-state index >= 15 is 0 Å². The Morgan fingerprint density at radius 1 is 1.02 bits per heavy atom. The lowest BCUT2D eigenvalue weighted by atomic mass is 9.85. The molecular weight excluding hydrogens is 620 g/mol. The fourth-order valence-electron chi connectivity index (χ4n) is 6.31. The molecule has 5 rings (SSSR count). The third kappa shape index (κ3) is 9.90. The Hall–Kier alpha value is -3.71. The van der Waals surface area contributed by atoms with Crippen LogP contribution in [0.1, 0.15) is 51.4 Å². The van der Waals surface area contributed by atoms with E-state index in [1.165, 1.54) is 6.26 Å². The number of hydrogen-bond acceptors (Lipinski definition) is 9. The van der Waals surface area contributed by atoms with E-state index in [1.807, 2.05) is 46.0 Å². The van der Waals surface area contributed by atoms with E-state index in [0.717, 1.165) is 53.4 Å². The van der Waals surface area contributed by atoms with Crippen molar-refractivity contribution in [3.8, 4) is 11.6 Å². The quantitative estimate of drug-likeness (QED) is 0.164. The van der Waals surface area contributed by atoms with Crippen LogP contribution in [-0.2, 0) is 24.2 Å². The maximum Gasteiger partial charge on any atom is 0.311 e. The molecule has 1 saturated carbocycles. The molecule has 2 aromatic heterocycles. The number of quaternary nitrogens is 1. The number of rotatable bonds is 13. The number of esters is 1. The molecule has 0 bridgehead atoms. The molecule has 1 N–H and O–H groups in total. The van der Waals surface area contributed by atoms with Gasteiger partial charge >= 0.3 is 5.97 Å². The van der Waals surface area contributed by atoms with Gasteiger partial charge in [-0.25, -0.2) is 13.4 Å². The van der Waals surface area contributed by atoms with Gasteiger partial charge in [0.15, 0.2) is 0 Å². The van der Waals surface area contributed by atoms with Crippen LogP contribution in [0.3, 0.4) is 0 Å². The first-order chi connectivity index (χ1) is 22.3. The fraction of sp³-hybridized carbons (Fsp3) is 0.588. The van der Waals surface area contributed by atoms with Crippen molar-refractivity contribution < 1.29 is 32.0 Å². The molecule has 0 radical (unpaired) electrons. The first-order valence-electron chi connectivity index (χ1n) is 16.6. The minimum atomic E-state index is -3.02. The van der Waals surface area contributed by atoms with Crippen molar-refractivity contribution >= 4 is 38.6 Å². The van der Waals surface area contributed by atoms with Gasteiger partial charge in [-0.05, 0) is 56.4 Å². The summed E-state index contributed by atoms with van der Waals surface area (Å²) in [5.41, 5.74) is 0.927. The number of sulfone groups is 1. The van der Waals surface area contributed by atoms with Crippen molar-refractivity contribution in [2.45, 2.75) is 63.5 Å². The molecule has 1 aliphatic carbocycles. The van der Waals surface area contributed by atoms with E-state index in [0.29, 0.717) is 57.1 Å². The Kier molecular flexibility index (Phi) is 11.1. The maximum atomic E-state index is 13.3. The Bertz CT molecular complexity index is 1640. The second kappa shape index (κ2) is 15.0. The second-order valence-corrected chi connectivity index (χ2v) is 16.2. The van der Waals surface area contributed by atoms with Gasteiger partial charge in [0.05, 0.1) is 52.0 Å². The normalized spacial score (nSPS) is 19.4. The molecule has 0 spiro atoms. The van der Waals surface area contributed by atoms with E-state index in [-0.39, 0.29) is 35.7 Å². The summed E-state index contributed by atoms with van der Waals surface area (Å²) < 4.78 is 37.2. The highest BCUT2D eigenvalue weighted by atomic mass is 32.2. The first-order valence-corrected chi connectivity index (χ1v) is 18.7. The van der Waals surface area contributed by atoms with Crippen LogP contribution in [0, 0.1) is 5.92 Å². The number of ether oxygens (including phenoxy) is 2.